The summed E-state index contributed by atoms with van der Waals surface area (Å²) in [6.45, 7) is 1.87. The average Bonchev–Trinajstić information content (AvgIpc) is 2.84. The summed E-state index contributed by atoms with van der Waals surface area (Å²) in [4.78, 5) is 27.9. The molecule has 9 heteroatoms. The Hall–Kier alpha value is -3.91. The van der Waals surface area contributed by atoms with Gasteiger partial charge in [0, 0.05) is 28.6 Å². The highest BCUT2D eigenvalue weighted by atomic mass is 35.5. The third kappa shape index (κ3) is 4.10. The van der Waals surface area contributed by atoms with E-state index in [-0.39, 0.29) is 18.0 Å². The zero-order valence-electron chi connectivity index (χ0n) is 19.4. The van der Waals surface area contributed by atoms with Gasteiger partial charge in [-0.25, -0.2) is 4.79 Å². The smallest absolute Gasteiger partial charge is 0.325 e. The molecule has 5 rings (SSSR count). The van der Waals surface area contributed by atoms with E-state index in [1.54, 1.807) is 60.5 Å². The molecule has 1 saturated heterocycles. The lowest BCUT2D eigenvalue weighted by Crippen LogP contribution is -2.65. The maximum Gasteiger partial charge on any atom is 0.325 e. The molecular weight excluding hydrogens is 470 g/mol. The minimum Gasteiger partial charge on any atom is -0.497 e. The Morgan fingerprint density at radius 3 is 2.74 bits per heavy atom. The number of amides is 3. The molecule has 2 aliphatic rings. The van der Waals surface area contributed by atoms with Crippen molar-refractivity contribution in [2.75, 3.05) is 24.4 Å². The van der Waals surface area contributed by atoms with Crippen molar-refractivity contribution in [1.29, 1.82) is 0 Å². The number of methoxy groups -OCH3 is 2. The molecule has 0 saturated carbocycles. The van der Waals surface area contributed by atoms with E-state index in [2.05, 4.69) is 10.6 Å². The molecule has 2 heterocycles. The molecule has 0 aliphatic carbocycles. The number of anilines is 2. The van der Waals surface area contributed by atoms with Crippen molar-refractivity contribution in [2.24, 2.45) is 0 Å². The molecule has 8 nitrogen and oxygen atoms in total. The average molecular weight is 494 g/mol. The quantitative estimate of drug-likeness (QED) is 0.498. The standard InChI is InChI=1S/C26H24ClN3O5/c1-26-14-21(19-12-16(27)7-9-22(19)35-26)29-25(32)30(26)17-6-4-5-15(11-17)24(31)28-20-13-18(33-2)8-10-23(20)34-3/h4-13,21H,14H2,1-3H3,(H,28,31)(H,29,32)/t21-,26+/m0/s1. The first-order valence-electron chi connectivity index (χ1n) is 11.0. The molecule has 180 valence electrons. The van der Waals surface area contributed by atoms with Crippen LogP contribution in [0.3, 0.4) is 0 Å². The van der Waals surface area contributed by atoms with Crippen LogP contribution in [0.15, 0.2) is 60.7 Å². The van der Waals surface area contributed by atoms with Crippen LogP contribution in [0.25, 0.3) is 0 Å². The Labute approximate surface area is 207 Å². The zero-order chi connectivity index (χ0) is 24.7. The summed E-state index contributed by atoms with van der Waals surface area (Å²) < 4.78 is 16.9. The van der Waals surface area contributed by atoms with Gasteiger partial charge in [0.1, 0.15) is 17.2 Å². The fourth-order valence-corrected chi connectivity index (χ4v) is 4.81. The van der Waals surface area contributed by atoms with Gasteiger partial charge in [-0.1, -0.05) is 17.7 Å². The molecule has 0 aromatic heterocycles. The van der Waals surface area contributed by atoms with E-state index in [0.717, 1.165) is 5.56 Å². The molecule has 3 aromatic rings. The van der Waals surface area contributed by atoms with E-state index in [9.17, 15) is 9.59 Å². The van der Waals surface area contributed by atoms with Gasteiger partial charge in [-0.3, -0.25) is 9.69 Å². The summed E-state index contributed by atoms with van der Waals surface area (Å²) >= 11 is 6.16. The van der Waals surface area contributed by atoms with Crippen molar-refractivity contribution in [3.63, 3.8) is 0 Å². The fraction of sp³-hybridized carbons (Fsp3) is 0.231. The summed E-state index contributed by atoms with van der Waals surface area (Å²) in [5.41, 5.74) is 1.28. The minimum atomic E-state index is -0.945. The maximum atomic E-state index is 13.2. The number of urea groups is 1. The normalized spacial score (nSPS) is 20.3. The molecule has 0 radical (unpaired) electrons. The van der Waals surface area contributed by atoms with Crippen molar-refractivity contribution in [3.05, 3.63) is 76.8 Å². The SMILES string of the molecule is COc1ccc(OC)c(NC(=O)c2cccc(N3C(=O)N[C@H]4C[C@@]3(C)Oc3ccc(Cl)cc34)c2)c1. The molecule has 0 unspecified atom stereocenters. The van der Waals surface area contributed by atoms with Crippen LogP contribution in [0, 0.1) is 0 Å². The Balaban J connectivity index is 1.45. The van der Waals surface area contributed by atoms with Crippen molar-refractivity contribution in [3.8, 4) is 17.2 Å². The number of nitrogens with one attached hydrogen (secondary N) is 2. The Kier molecular flexibility index (Phi) is 5.68. The second-order valence-electron chi connectivity index (χ2n) is 8.57. The molecule has 2 bridgehead atoms. The highest BCUT2D eigenvalue weighted by Crippen LogP contribution is 2.46. The number of carbonyl (C=O) groups excluding carboxylic acids is 2. The summed E-state index contributed by atoms with van der Waals surface area (Å²) in [5, 5.41) is 6.48. The number of nitrogens with zero attached hydrogens (tertiary/aromatic N) is 1. The highest BCUT2D eigenvalue weighted by Gasteiger charge is 2.50. The lowest BCUT2D eigenvalue weighted by Gasteiger charge is -2.50. The van der Waals surface area contributed by atoms with E-state index < -0.39 is 5.72 Å². The number of hydrogen-bond acceptors (Lipinski definition) is 5. The lowest BCUT2D eigenvalue weighted by molar-refractivity contribution is 0.0378. The van der Waals surface area contributed by atoms with Crippen LogP contribution in [0.5, 0.6) is 17.2 Å². The van der Waals surface area contributed by atoms with E-state index in [4.69, 9.17) is 25.8 Å². The number of fused-ring (bicyclic) bond motifs is 4. The first-order valence-corrected chi connectivity index (χ1v) is 11.4. The second kappa shape index (κ2) is 8.70. The van der Waals surface area contributed by atoms with Crippen molar-refractivity contribution in [1.82, 2.24) is 5.32 Å². The molecular formula is C26H24ClN3O5. The van der Waals surface area contributed by atoms with Crippen LogP contribution in [0.2, 0.25) is 5.02 Å². The van der Waals surface area contributed by atoms with Gasteiger partial charge < -0.3 is 24.8 Å². The number of ether oxygens (including phenoxy) is 3. The molecule has 0 spiro atoms. The number of benzene rings is 3. The predicted octanol–water partition coefficient (Wildman–Crippen LogP) is 5.38. The summed E-state index contributed by atoms with van der Waals surface area (Å²) in [6, 6.07) is 16.8. The second-order valence-corrected chi connectivity index (χ2v) is 9.01. The van der Waals surface area contributed by atoms with Gasteiger partial charge in [0.2, 0.25) is 0 Å². The van der Waals surface area contributed by atoms with Gasteiger partial charge in [-0.15, -0.1) is 0 Å². The largest absolute Gasteiger partial charge is 0.497 e. The van der Waals surface area contributed by atoms with Gasteiger partial charge in [-0.05, 0) is 55.5 Å². The highest BCUT2D eigenvalue weighted by molar-refractivity contribution is 6.30. The van der Waals surface area contributed by atoms with Crippen molar-refractivity contribution >= 4 is 34.9 Å². The third-order valence-corrected chi connectivity index (χ3v) is 6.49. The molecule has 2 N–H and O–H groups in total. The van der Waals surface area contributed by atoms with Gasteiger partial charge >= 0.3 is 6.03 Å². The molecule has 3 aromatic carbocycles. The van der Waals surface area contributed by atoms with Gasteiger partial charge in [-0.2, -0.15) is 0 Å². The lowest BCUT2D eigenvalue weighted by atomic mass is 9.90. The summed E-state index contributed by atoms with van der Waals surface area (Å²) in [7, 11) is 3.07. The van der Waals surface area contributed by atoms with E-state index in [1.165, 1.54) is 7.11 Å². The minimum absolute atomic E-state index is 0.224. The predicted molar refractivity (Wildman–Crippen MR) is 133 cm³/mol. The van der Waals surface area contributed by atoms with Gasteiger partial charge in [0.05, 0.1) is 31.6 Å². The molecule has 1 fully saturated rings. The Bertz CT molecular complexity index is 1330. The van der Waals surface area contributed by atoms with E-state index in [0.29, 0.717) is 45.6 Å². The van der Waals surface area contributed by atoms with E-state index >= 15 is 0 Å². The zero-order valence-corrected chi connectivity index (χ0v) is 20.2. The van der Waals surface area contributed by atoms with Gasteiger partial charge in [0.15, 0.2) is 5.72 Å². The van der Waals surface area contributed by atoms with Crippen LogP contribution < -0.4 is 29.7 Å². The van der Waals surface area contributed by atoms with Crippen LogP contribution in [0.4, 0.5) is 16.2 Å². The maximum absolute atomic E-state index is 13.2. The van der Waals surface area contributed by atoms with E-state index in [1.807, 2.05) is 19.1 Å². The number of rotatable bonds is 5. The monoisotopic (exact) mass is 493 g/mol. The number of hydrogen-bond donors (Lipinski definition) is 2. The van der Waals surface area contributed by atoms with Crippen LogP contribution >= 0.6 is 11.6 Å². The summed E-state index contributed by atoms with van der Waals surface area (Å²) in [6.07, 6.45) is 0.517. The summed E-state index contributed by atoms with van der Waals surface area (Å²) in [5.74, 6) is 1.39. The van der Waals surface area contributed by atoms with Crippen LogP contribution in [-0.2, 0) is 0 Å². The van der Waals surface area contributed by atoms with Crippen LogP contribution in [-0.4, -0.2) is 31.9 Å². The molecule has 35 heavy (non-hydrogen) atoms. The van der Waals surface area contributed by atoms with Crippen molar-refractivity contribution < 1.29 is 23.8 Å². The van der Waals surface area contributed by atoms with Crippen molar-refractivity contribution in [2.45, 2.75) is 25.1 Å². The number of halogens is 1. The molecule has 3 amide bonds. The third-order valence-electron chi connectivity index (χ3n) is 6.26. The van der Waals surface area contributed by atoms with Crippen LogP contribution in [0.1, 0.15) is 35.3 Å². The first-order chi connectivity index (χ1) is 16.8. The Morgan fingerprint density at radius 2 is 1.97 bits per heavy atom. The molecule has 2 aliphatic heterocycles. The Morgan fingerprint density at radius 1 is 1.14 bits per heavy atom. The topological polar surface area (TPSA) is 89.1 Å². The molecule has 2 atom stereocenters. The number of carbonyl (C=O) groups is 2. The fourth-order valence-electron chi connectivity index (χ4n) is 4.63. The first kappa shape index (κ1) is 22.9. The van der Waals surface area contributed by atoms with Gasteiger partial charge in [0.25, 0.3) is 5.91 Å².